The summed E-state index contributed by atoms with van der Waals surface area (Å²) in [6.45, 7) is 1.34. The van der Waals surface area contributed by atoms with Gasteiger partial charge in [-0.25, -0.2) is 13.1 Å². The van der Waals surface area contributed by atoms with E-state index in [2.05, 4.69) is 10.1 Å². The Labute approximate surface area is 143 Å². The lowest BCUT2D eigenvalue weighted by molar-refractivity contribution is -0.907. The monoisotopic (exact) mass is 397 g/mol. The van der Waals surface area contributed by atoms with Crippen LogP contribution in [0.25, 0.3) is 0 Å². The van der Waals surface area contributed by atoms with Crippen LogP contribution in [0, 0.1) is 0 Å². The summed E-state index contributed by atoms with van der Waals surface area (Å²) in [6.07, 6.45) is -3.70. The van der Waals surface area contributed by atoms with E-state index >= 15 is 0 Å². The quantitative estimate of drug-likeness (QED) is 0.602. The smallest absolute Gasteiger partial charge is 0.284 e. The van der Waals surface area contributed by atoms with Crippen LogP contribution in [0.1, 0.15) is 22.4 Å². The lowest BCUT2D eigenvalue weighted by Gasteiger charge is -2.01. The maximum absolute atomic E-state index is 12.7. The number of hydrogen-bond donors (Lipinski definition) is 1. The number of alkyl halides is 3. The molecule has 13 heteroatoms. The van der Waals surface area contributed by atoms with Crippen LogP contribution in [0.15, 0.2) is 28.2 Å². The van der Waals surface area contributed by atoms with E-state index in [4.69, 9.17) is 0 Å². The summed E-state index contributed by atoms with van der Waals surface area (Å²) in [5.41, 5.74) is -0.675. The Balaban J connectivity index is 2.63. The van der Waals surface area contributed by atoms with Crippen molar-refractivity contribution in [2.75, 3.05) is 5.75 Å². The number of halogens is 3. The average Bonchev–Trinajstić information content (AvgIpc) is 2.88. The summed E-state index contributed by atoms with van der Waals surface area (Å²) >= 11 is 0.113. The fourth-order valence-electron chi connectivity index (χ4n) is 1.79. The highest BCUT2D eigenvalue weighted by molar-refractivity contribution is 7.91. The van der Waals surface area contributed by atoms with Crippen molar-refractivity contribution in [2.45, 2.75) is 18.0 Å². The van der Waals surface area contributed by atoms with E-state index in [0.29, 0.717) is 0 Å². The molecular weight excluding hydrogens is 385 g/mol. The Hall–Kier alpha value is -2.28. The molecule has 0 spiro atoms. The van der Waals surface area contributed by atoms with Crippen LogP contribution < -0.4 is 9.53 Å². The van der Waals surface area contributed by atoms with Crippen LogP contribution in [0.2, 0.25) is 0 Å². The molecule has 2 aromatic rings. The van der Waals surface area contributed by atoms with Crippen molar-refractivity contribution >= 4 is 27.1 Å². The SMILES string of the molecule is CCS(=O)(=O)c1ccc[n+](O)c1C(=O)/N=c1\sc(C(F)(F)F)nn1C. The maximum Gasteiger partial charge on any atom is 0.445 e. The number of carbonyl (C=O) groups excluding carboxylic acids is 1. The highest BCUT2D eigenvalue weighted by Crippen LogP contribution is 2.28. The van der Waals surface area contributed by atoms with Crippen LogP contribution in [0.4, 0.5) is 13.2 Å². The van der Waals surface area contributed by atoms with E-state index in [1.165, 1.54) is 13.0 Å². The molecule has 0 bridgehead atoms. The number of nitrogens with zero attached hydrogens (tertiary/aromatic N) is 4. The van der Waals surface area contributed by atoms with Crippen molar-refractivity contribution < 1.29 is 36.3 Å². The number of sulfone groups is 1. The second kappa shape index (κ2) is 6.55. The van der Waals surface area contributed by atoms with E-state index < -0.39 is 42.3 Å². The van der Waals surface area contributed by atoms with Gasteiger partial charge in [-0.1, -0.05) is 18.3 Å². The average molecular weight is 397 g/mol. The van der Waals surface area contributed by atoms with E-state index in [1.54, 1.807) is 0 Å². The minimum Gasteiger partial charge on any atom is -0.284 e. The predicted octanol–water partition coefficient (Wildman–Crippen LogP) is 0.560. The highest BCUT2D eigenvalue weighted by Gasteiger charge is 2.36. The second-order valence-corrected chi connectivity index (χ2v) is 7.90. The lowest BCUT2D eigenvalue weighted by Crippen LogP contribution is -2.39. The normalized spacial score (nSPS) is 13.2. The molecule has 2 aromatic heterocycles. The lowest BCUT2D eigenvalue weighted by atomic mass is 10.3. The first-order chi connectivity index (χ1) is 11.5. The van der Waals surface area contributed by atoms with Crippen LogP contribution in [0.5, 0.6) is 0 Å². The van der Waals surface area contributed by atoms with Gasteiger partial charge in [-0.2, -0.15) is 23.3 Å². The Bertz CT molecular complexity index is 993. The van der Waals surface area contributed by atoms with Gasteiger partial charge in [-0.15, -0.1) is 0 Å². The van der Waals surface area contributed by atoms with Gasteiger partial charge in [-0.05, 0) is 6.07 Å². The first kappa shape index (κ1) is 19.1. The molecule has 0 aliphatic rings. The molecule has 0 fully saturated rings. The number of amides is 1. The topological polar surface area (TPSA) is 106 Å². The molecule has 25 heavy (non-hydrogen) atoms. The van der Waals surface area contributed by atoms with Crippen molar-refractivity contribution in [3.8, 4) is 0 Å². The Morgan fingerprint density at radius 1 is 1.48 bits per heavy atom. The molecule has 0 radical (unpaired) electrons. The zero-order valence-electron chi connectivity index (χ0n) is 12.9. The zero-order chi connectivity index (χ0) is 19.0. The molecule has 0 aliphatic heterocycles. The Morgan fingerprint density at radius 3 is 2.64 bits per heavy atom. The van der Waals surface area contributed by atoms with Crippen molar-refractivity contribution in [3.05, 3.63) is 33.8 Å². The van der Waals surface area contributed by atoms with Gasteiger partial charge in [0, 0.05) is 17.8 Å². The summed E-state index contributed by atoms with van der Waals surface area (Å²) < 4.78 is 63.1. The van der Waals surface area contributed by atoms with Gasteiger partial charge < -0.3 is 0 Å². The number of aromatic nitrogens is 3. The van der Waals surface area contributed by atoms with Gasteiger partial charge >= 0.3 is 17.8 Å². The number of carbonyl (C=O) groups is 1. The van der Waals surface area contributed by atoms with E-state index in [0.717, 1.165) is 24.0 Å². The van der Waals surface area contributed by atoms with E-state index in [9.17, 15) is 31.6 Å². The first-order valence-electron chi connectivity index (χ1n) is 6.64. The molecule has 0 saturated heterocycles. The van der Waals surface area contributed by atoms with E-state index in [-0.39, 0.29) is 21.8 Å². The number of rotatable bonds is 3. The summed E-state index contributed by atoms with van der Waals surface area (Å²) in [5, 5.41) is 11.8. The van der Waals surface area contributed by atoms with Gasteiger partial charge in [-0.3, -0.25) is 10.0 Å². The number of hydrogen-bond acceptors (Lipinski definition) is 6. The molecule has 0 aromatic carbocycles. The predicted molar refractivity (Wildman–Crippen MR) is 77.5 cm³/mol. The minimum atomic E-state index is -4.71. The fourth-order valence-corrected chi connectivity index (χ4v) is 3.62. The second-order valence-electron chi connectivity index (χ2n) is 4.70. The molecule has 8 nitrogen and oxygen atoms in total. The third kappa shape index (κ3) is 3.87. The Morgan fingerprint density at radius 2 is 2.12 bits per heavy atom. The van der Waals surface area contributed by atoms with Crippen molar-refractivity contribution in [1.29, 1.82) is 0 Å². The molecular formula is C12H12F3N4O4S2+. The summed E-state index contributed by atoms with van der Waals surface area (Å²) in [6, 6.07) is 2.30. The molecule has 1 N–H and O–H groups in total. The van der Waals surface area contributed by atoms with Crippen molar-refractivity contribution in [3.63, 3.8) is 0 Å². The zero-order valence-corrected chi connectivity index (χ0v) is 14.5. The van der Waals surface area contributed by atoms with Gasteiger partial charge in [0.1, 0.15) is 4.90 Å². The Kier molecular flexibility index (Phi) is 4.99. The molecule has 0 atom stereocenters. The summed E-state index contributed by atoms with van der Waals surface area (Å²) in [7, 11) is -2.73. The molecule has 0 aliphatic carbocycles. The third-order valence-electron chi connectivity index (χ3n) is 3.00. The summed E-state index contributed by atoms with van der Waals surface area (Å²) in [4.78, 5) is 14.9. The number of pyridine rings is 1. The first-order valence-corrected chi connectivity index (χ1v) is 9.11. The standard InChI is InChI=1S/C12H12F3N4O4S2/c1-3-25(22,23)7-5-4-6-19(21)8(7)9(20)16-11-18(2)17-10(24-11)12(13,14)15/h4-6,21H,3H2,1-2H3/q+1/b16-11-. The van der Waals surface area contributed by atoms with Crippen LogP contribution in [-0.4, -0.2) is 35.1 Å². The van der Waals surface area contributed by atoms with Crippen LogP contribution in [0.3, 0.4) is 0 Å². The van der Waals surface area contributed by atoms with Crippen molar-refractivity contribution in [1.82, 2.24) is 9.78 Å². The van der Waals surface area contributed by atoms with Gasteiger partial charge in [0.05, 0.1) is 5.75 Å². The van der Waals surface area contributed by atoms with Gasteiger partial charge in [0.2, 0.25) is 16.0 Å². The minimum absolute atomic E-state index is 0.113. The number of aryl methyl sites for hydroxylation is 1. The molecule has 0 saturated carbocycles. The molecule has 1 amide bonds. The van der Waals surface area contributed by atoms with Crippen LogP contribution >= 0.6 is 11.3 Å². The maximum atomic E-state index is 12.7. The largest absolute Gasteiger partial charge is 0.445 e. The van der Waals surface area contributed by atoms with Gasteiger partial charge in [0.25, 0.3) is 0 Å². The molecule has 2 heterocycles. The van der Waals surface area contributed by atoms with E-state index in [1.807, 2.05) is 0 Å². The van der Waals surface area contributed by atoms with Crippen LogP contribution in [-0.2, 0) is 23.1 Å². The van der Waals surface area contributed by atoms with Gasteiger partial charge in [0.15, 0.2) is 9.84 Å². The molecule has 2 rings (SSSR count). The van der Waals surface area contributed by atoms with Crippen molar-refractivity contribution in [2.24, 2.45) is 12.0 Å². The molecule has 136 valence electrons. The molecule has 0 unspecified atom stereocenters. The third-order valence-corrected chi connectivity index (χ3v) is 5.80. The fraction of sp³-hybridized carbons (Fsp3) is 0.333. The highest BCUT2D eigenvalue weighted by atomic mass is 32.2. The summed E-state index contributed by atoms with van der Waals surface area (Å²) in [5.74, 6) is -1.56.